The van der Waals surface area contributed by atoms with Crippen LogP contribution in [0.25, 0.3) is 0 Å². The van der Waals surface area contributed by atoms with Gasteiger partial charge >= 0.3 is 0 Å². The highest BCUT2D eigenvalue weighted by atomic mass is 35.5. The van der Waals surface area contributed by atoms with Gasteiger partial charge in [-0.1, -0.05) is 36.5 Å². The summed E-state index contributed by atoms with van der Waals surface area (Å²) in [6.45, 7) is 2.00. The molecule has 0 aliphatic heterocycles. The van der Waals surface area contributed by atoms with Crippen LogP contribution in [0.1, 0.15) is 19.8 Å². The van der Waals surface area contributed by atoms with Crippen molar-refractivity contribution in [2.45, 2.75) is 28.8 Å². The molecule has 55 valence electrons. The van der Waals surface area contributed by atoms with Crippen LogP contribution in [0, 0.1) is 0 Å². The second kappa shape index (κ2) is 4.17. The molecule has 0 aliphatic rings. The quantitative estimate of drug-likeness (QED) is 0.618. The van der Waals surface area contributed by atoms with Crippen molar-refractivity contribution in [3.05, 3.63) is 0 Å². The maximum Gasteiger partial charge on any atom is 0.189 e. The van der Waals surface area contributed by atoms with E-state index in [-0.39, 0.29) is 5.38 Å². The van der Waals surface area contributed by atoms with E-state index in [9.17, 15) is 0 Å². The smallest absolute Gasteiger partial charge is 0.119 e. The predicted octanol–water partition coefficient (Wildman–Crippen LogP) is 3.72. The average Bonchev–Trinajstić information content (AvgIpc) is 1.64. The Kier molecular flexibility index (Phi) is 4.74. The molecule has 0 aromatic rings. The van der Waals surface area contributed by atoms with E-state index < -0.39 is 3.67 Å². The van der Waals surface area contributed by atoms with Crippen LogP contribution in [0.15, 0.2) is 0 Å². The van der Waals surface area contributed by atoms with Crippen LogP contribution in [-0.2, 0) is 0 Å². The van der Waals surface area contributed by atoms with Gasteiger partial charge in [0, 0.05) is 0 Å². The van der Waals surface area contributed by atoms with Crippen molar-refractivity contribution in [2.24, 2.45) is 0 Å². The van der Waals surface area contributed by atoms with Crippen LogP contribution in [0.2, 0.25) is 0 Å². The van der Waals surface area contributed by atoms with Gasteiger partial charge in [0.2, 0.25) is 0 Å². The normalized spacial score (nSPS) is 15.7. The summed E-state index contributed by atoms with van der Waals surface area (Å²) in [4.78, 5) is 0. The number of halogens is 3. The van der Waals surface area contributed by atoms with Crippen molar-refractivity contribution in [2.75, 3.05) is 0 Å². The van der Waals surface area contributed by atoms with Crippen LogP contribution < -0.4 is 0 Å². The minimum Gasteiger partial charge on any atom is -0.119 e. The number of rotatable bonds is 3. The maximum absolute atomic E-state index is 5.69. The lowest BCUT2D eigenvalue weighted by Gasteiger charge is -2.16. The molecule has 0 spiro atoms. The third kappa shape index (κ3) is 4.60. The van der Waals surface area contributed by atoms with Gasteiger partial charge in [0.1, 0.15) is 0 Å². The first-order chi connectivity index (χ1) is 3.98. The first kappa shape index (κ1) is 10.2. The summed E-state index contributed by atoms with van der Waals surface area (Å²) in [6, 6.07) is 0. The molecule has 0 aromatic carbocycles. The Labute approximate surface area is 76.3 Å². The summed E-state index contributed by atoms with van der Waals surface area (Å²) in [6.07, 6.45) is 1.71. The highest BCUT2D eigenvalue weighted by Crippen LogP contribution is 2.35. The molecular weight excluding hydrogens is 198 g/mol. The maximum atomic E-state index is 5.69. The van der Waals surface area contributed by atoms with E-state index >= 15 is 0 Å². The summed E-state index contributed by atoms with van der Waals surface area (Å²) in [5, 5.41) is -0.319. The van der Waals surface area contributed by atoms with E-state index in [1.165, 1.54) is 0 Å². The molecule has 9 heavy (non-hydrogen) atoms. The lowest BCUT2D eigenvalue weighted by Crippen LogP contribution is -2.18. The minimum atomic E-state index is -1.20. The van der Waals surface area contributed by atoms with E-state index in [4.69, 9.17) is 34.8 Å². The van der Waals surface area contributed by atoms with Gasteiger partial charge in [0.25, 0.3) is 0 Å². The fraction of sp³-hybridized carbons (Fsp3) is 1.00. The number of hydrogen-bond acceptors (Lipinski definition) is 0. The van der Waals surface area contributed by atoms with E-state index in [0.717, 1.165) is 12.8 Å². The molecule has 0 saturated heterocycles. The van der Waals surface area contributed by atoms with Crippen molar-refractivity contribution >= 4 is 47.4 Å². The zero-order valence-electron chi connectivity index (χ0n) is 5.03. The van der Waals surface area contributed by atoms with Gasteiger partial charge in [-0.2, -0.15) is 0 Å². The zero-order valence-corrected chi connectivity index (χ0v) is 8.12. The Hall–Kier alpha value is 1.22. The molecule has 1 radical (unpaired) electrons. The first-order valence-electron chi connectivity index (χ1n) is 2.70. The van der Waals surface area contributed by atoms with Gasteiger partial charge in [0.05, 0.1) is 5.38 Å². The van der Waals surface area contributed by atoms with Gasteiger partial charge in [-0.05, 0) is 19.0 Å². The molecule has 0 N–H and O–H groups in total. The molecule has 0 amide bonds. The highest BCUT2D eigenvalue weighted by Gasteiger charge is 2.28. The first-order valence-corrected chi connectivity index (χ1v) is 4.30. The van der Waals surface area contributed by atoms with Crippen LogP contribution in [-0.4, -0.2) is 9.04 Å². The molecule has 0 saturated carbocycles. The van der Waals surface area contributed by atoms with Crippen molar-refractivity contribution in [3.8, 4) is 0 Å². The van der Waals surface area contributed by atoms with Crippen LogP contribution >= 0.6 is 47.4 Å². The van der Waals surface area contributed by atoms with Crippen molar-refractivity contribution < 1.29 is 0 Å². The molecule has 0 aromatic heterocycles. The van der Waals surface area contributed by atoms with Crippen molar-refractivity contribution in [1.29, 1.82) is 0 Å². The summed E-state index contributed by atoms with van der Waals surface area (Å²) >= 11 is 21.4. The van der Waals surface area contributed by atoms with Gasteiger partial charge in [-0.25, -0.2) is 0 Å². The largest absolute Gasteiger partial charge is 0.189 e. The molecule has 0 fully saturated rings. The monoisotopic (exact) mass is 205 g/mol. The van der Waals surface area contributed by atoms with Gasteiger partial charge < -0.3 is 0 Å². The van der Waals surface area contributed by atoms with Gasteiger partial charge in [-0.15, -0.1) is 11.6 Å². The summed E-state index contributed by atoms with van der Waals surface area (Å²) < 4.78 is -1.20. The molecule has 0 aliphatic carbocycles. The van der Waals surface area contributed by atoms with E-state index in [0.29, 0.717) is 0 Å². The van der Waals surface area contributed by atoms with E-state index in [2.05, 4.69) is 12.6 Å². The van der Waals surface area contributed by atoms with Crippen molar-refractivity contribution in [1.82, 2.24) is 0 Å². The van der Waals surface area contributed by atoms with Gasteiger partial charge in [0.15, 0.2) is 3.67 Å². The van der Waals surface area contributed by atoms with Gasteiger partial charge in [-0.3, -0.25) is 0 Å². The second-order valence-corrected chi connectivity index (χ2v) is 4.82. The van der Waals surface area contributed by atoms with Crippen LogP contribution in [0.3, 0.4) is 0 Å². The Balaban J connectivity index is 3.59. The fourth-order valence-electron chi connectivity index (χ4n) is 0.421. The minimum absolute atomic E-state index is 0.319. The summed E-state index contributed by atoms with van der Waals surface area (Å²) in [5.74, 6) is 0. The Bertz CT molecular complexity index is 78.8. The number of alkyl halides is 3. The van der Waals surface area contributed by atoms with E-state index in [1.54, 1.807) is 0 Å². The molecule has 4 heteroatoms. The molecule has 0 rings (SSSR count). The predicted molar refractivity (Wildman–Crippen MR) is 46.6 cm³/mol. The molecule has 0 nitrogen and oxygen atoms in total. The number of hydrogen-bond donors (Lipinski definition) is 0. The third-order valence-corrected chi connectivity index (χ3v) is 2.62. The highest BCUT2D eigenvalue weighted by molar-refractivity contribution is 7.85. The Morgan fingerprint density at radius 3 is 2.11 bits per heavy atom. The standard InChI is InChI=1S/C5H8Cl3S/c1-2-3-4(6)5(7,8)9/h4H,2-3H2,1H3. The SMILES string of the molecule is CCCC(Cl)C([S])(Cl)Cl. The molecule has 0 bridgehead atoms. The van der Waals surface area contributed by atoms with Crippen LogP contribution in [0.4, 0.5) is 0 Å². The average molecular weight is 207 g/mol. The van der Waals surface area contributed by atoms with Crippen LogP contribution in [0.5, 0.6) is 0 Å². The fourth-order valence-corrected chi connectivity index (χ4v) is 0.976. The molecule has 1 atom stereocenters. The second-order valence-electron chi connectivity index (χ2n) is 1.82. The van der Waals surface area contributed by atoms with Crippen molar-refractivity contribution in [3.63, 3.8) is 0 Å². The molecule has 0 heterocycles. The van der Waals surface area contributed by atoms with E-state index in [1.807, 2.05) is 6.92 Å². The lowest BCUT2D eigenvalue weighted by molar-refractivity contribution is 0.748. The summed E-state index contributed by atoms with van der Waals surface area (Å²) in [5.41, 5.74) is 0. The molecule has 1 unspecified atom stereocenters. The zero-order chi connectivity index (χ0) is 7.49. The third-order valence-electron chi connectivity index (χ3n) is 0.907. The summed E-state index contributed by atoms with van der Waals surface area (Å²) in [7, 11) is 0. The lowest BCUT2D eigenvalue weighted by atomic mass is 10.3. The topological polar surface area (TPSA) is 0 Å². The molecular formula is C5H8Cl3S. The Morgan fingerprint density at radius 2 is 2.00 bits per heavy atom. The Morgan fingerprint density at radius 1 is 1.56 bits per heavy atom.